The SMILES string of the molecule is Cc1cc(NC2CCCN(C(=O)c3cc(F)ccc3-c3ncccn3)C2C)nc(C(F)(F)F)n1. The van der Waals surface area contributed by atoms with Gasteiger partial charge < -0.3 is 10.2 Å². The molecule has 0 spiro atoms. The van der Waals surface area contributed by atoms with E-state index in [-0.39, 0.29) is 23.1 Å². The summed E-state index contributed by atoms with van der Waals surface area (Å²) in [6, 6.07) is 6.15. The lowest BCUT2D eigenvalue weighted by Gasteiger charge is -2.40. The van der Waals surface area contributed by atoms with E-state index in [1.54, 1.807) is 17.9 Å². The van der Waals surface area contributed by atoms with Crippen LogP contribution in [-0.2, 0) is 6.18 Å². The van der Waals surface area contributed by atoms with Crippen LogP contribution in [-0.4, -0.2) is 49.4 Å². The Kier molecular flexibility index (Phi) is 6.45. The van der Waals surface area contributed by atoms with Crippen LogP contribution >= 0.6 is 0 Å². The molecule has 11 heteroatoms. The zero-order valence-corrected chi connectivity index (χ0v) is 18.5. The summed E-state index contributed by atoms with van der Waals surface area (Å²) in [7, 11) is 0. The minimum absolute atomic E-state index is 0.0371. The maximum atomic E-state index is 14.1. The van der Waals surface area contributed by atoms with Gasteiger partial charge in [-0.1, -0.05) is 0 Å². The number of carbonyl (C=O) groups is 1. The lowest BCUT2D eigenvalue weighted by atomic mass is 9.95. The van der Waals surface area contributed by atoms with Crippen molar-refractivity contribution in [3.8, 4) is 11.4 Å². The third kappa shape index (κ3) is 4.97. The highest BCUT2D eigenvalue weighted by Crippen LogP contribution is 2.30. The van der Waals surface area contributed by atoms with Crippen molar-refractivity contribution in [2.75, 3.05) is 11.9 Å². The lowest BCUT2D eigenvalue weighted by Crippen LogP contribution is -2.52. The fourth-order valence-electron chi connectivity index (χ4n) is 4.06. The fourth-order valence-corrected chi connectivity index (χ4v) is 4.06. The number of aryl methyl sites for hydroxylation is 1. The van der Waals surface area contributed by atoms with Crippen molar-refractivity contribution >= 4 is 11.7 Å². The van der Waals surface area contributed by atoms with Gasteiger partial charge in [0.05, 0.1) is 5.56 Å². The summed E-state index contributed by atoms with van der Waals surface area (Å²) in [4.78, 5) is 30.5. The van der Waals surface area contributed by atoms with Crippen molar-refractivity contribution in [1.82, 2.24) is 24.8 Å². The minimum atomic E-state index is -4.67. The molecular weight excluding hydrogens is 452 g/mol. The number of nitrogens with one attached hydrogen (secondary N) is 1. The number of anilines is 1. The molecule has 0 radical (unpaired) electrons. The molecule has 1 aromatic carbocycles. The first-order valence-electron chi connectivity index (χ1n) is 10.7. The highest BCUT2D eigenvalue weighted by atomic mass is 19.4. The Labute approximate surface area is 193 Å². The number of likely N-dealkylation sites (tertiary alicyclic amines) is 1. The normalized spacial score (nSPS) is 18.6. The molecule has 4 rings (SSSR count). The fraction of sp³-hybridized carbons (Fsp3) is 0.348. The first kappa shape index (κ1) is 23.5. The van der Waals surface area contributed by atoms with E-state index in [4.69, 9.17) is 0 Å². The number of benzene rings is 1. The van der Waals surface area contributed by atoms with Crippen molar-refractivity contribution in [2.24, 2.45) is 0 Å². The maximum absolute atomic E-state index is 14.1. The van der Waals surface area contributed by atoms with Gasteiger partial charge in [-0.05, 0) is 51.0 Å². The molecule has 1 aliphatic rings. The molecule has 3 aromatic rings. The number of halogens is 4. The van der Waals surface area contributed by atoms with Gasteiger partial charge in [0.2, 0.25) is 5.82 Å². The van der Waals surface area contributed by atoms with Gasteiger partial charge in [0.25, 0.3) is 5.91 Å². The van der Waals surface area contributed by atoms with Gasteiger partial charge in [-0.2, -0.15) is 13.2 Å². The Hall–Kier alpha value is -3.63. The predicted octanol–water partition coefficient (Wildman–Crippen LogP) is 4.51. The lowest BCUT2D eigenvalue weighted by molar-refractivity contribution is -0.145. The van der Waals surface area contributed by atoms with Crippen LogP contribution in [0.2, 0.25) is 0 Å². The van der Waals surface area contributed by atoms with Crippen LogP contribution in [0.3, 0.4) is 0 Å². The van der Waals surface area contributed by atoms with Crippen LogP contribution in [0.4, 0.5) is 23.4 Å². The van der Waals surface area contributed by atoms with E-state index < -0.39 is 29.8 Å². The number of nitrogens with zero attached hydrogens (tertiary/aromatic N) is 5. The molecule has 2 aromatic heterocycles. The third-order valence-corrected chi connectivity index (χ3v) is 5.71. The second-order valence-corrected chi connectivity index (χ2v) is 8.11. The number of amides is 1. The first-order chi connectivity index (χ1) is 16.1. The molecule has 1 fully saturated rings. The van der Waals surface area contributed by atoms with Crippen LogP contribution in [0, 0.1) is 12.7 Å². The van der Waals surface area contributed by atoms with Crippen molar-refractivity contribution in [2.45, 2.75) is 44.9 Å². The zero-order valence-electron chi connectivity index (χ0n) is 18.5. The average molecular weight is 474 g/mol. The number of rotatable bonds is 4. The summed E-state index contributed by atoms with van der Waals surface area (Å²) in [5, 5.41) is 3.03. The van der Waals surface area contributed by atoms with Gasteiger partial charge in [0.1, 0.15) is 11.6 Å². The molecule has 1 saturated heterocycles. The average Bonchev–Trinajstić information content (AvgIpc) is 2.79. The number of hydrogen-bond donors (Lipinski definition) is 1. The van der Waals surface area contributed by atoms with Crippen LogP contribution in [0.15, 0.2) is 42.7 Å². The molecule has 2 unspecified atom stereocenters. The molecule has 0 aliphatic carbocycles. The second kappa shape index (κ2) is 9.32. The summed E-state index contributed by atoms with van der Waals surface area (Å²) < 4.78 is 53.5. The first-order valence-corrected chi connectivity index (χ1v) is 10.7. The van der Waals surface area contributed by atoms with Crippen LogP contribution in [0.1, 0.15) is 41.6 Å². The van der Waals surface area contributed by atoms with Crippen LogP contribution in [0.25, 0.3) is 11.4 Å². The number of hydrogen-bond acceptors (Lipinski definition) is 6. The summed E-state index contributed by atoms with van der Waals surface area (Å²) in [5.41, 5.74) is 0.694. The van der Waals surface area contributed by atoms with E-state index in [2.05, 4.69) is 25.3 Å². The maximum Gasteiger partial charge on any atom is 0.451 e. The molecule has 1 amide bonds. The van der Waals surface area contributed by atoms with E-state index in [1.165, 1.54) is 37.5 Å². The molecular formula is C23H22F4N6O. The van der Waals surface area contributed by atoms with E-state index in [9.17, 15) is 22.4 Å². The Morgan fingerprint density at radius 3 is 2.59 bits per heavy atom. The molecule has 7 nitrogen and oxygen atoms in total. The standard InChI is InChI=1S/C23H22F4N6O/c1-13-11-19(32-22(30-13)23(25,26)27)31-18-5-3-10-33(14(18)2)21(34)17-12-15(24)6-7-16(17)20-28-8-4-9-29-20/h4,6-9,11-12,14,18H,3,5,10H2,1-2H3,(H,30,31,32). The van der Waals surface area contributed by atoms with E-state index in [1.807, 2.05) is 0 Å². The Morgan fingerprint density at radius 2 is 1.88 bits per heavy atom. The Morgan fingerprint density at radius 1 is 1.15 bits per heavy atom. The van der Waals surface area contributed by atoms with Gasteiger partial charge in [0.15, 0.2) is 5.82 Å². The Bertz CT molecular complexity index is 1190. The van der Waals surface area contributed by atoms with Crippen molar-refractivity contribution in [1.29, 1.82) is 0 Å². The van der Waals surface area contributed by atoms with Gasteiger partial charge in [-0.3, -0.25) is 4.79 Å². The van der Waals surface area contributed by atoms with Gasteiger partial charge in [-0.15, -0.1) is 0 Å². The number of carbonyl (C=O) groups excluding carboxylic acids is 1. The van der Waals surface area contributed by atoms with Crippen LogP contribution < -0.4 is 5.32 Å². The Balaban J connectivity index is 1.60. The molecule has 0 bridgehead atoms. The second-order valence-electron chi connectivity index (χ2n) is 8.11. The van der Waals surface area contributed by atoms with Crippen LogP contribution in [0.5, 0.6) is 0 Å². The minimum Gasteiger partial charge on any atom is -0.365 e. The molecule has 178 valence electrons. The summed E-state index contributed by atoms with van der Waals surface area (Å²) in [6.07, 6.45) is -0.385. The number of alkyl halides is 3. The topological polar surface area (TPSA) is 83.9 Å². The number of aromatic nitrogens is 4. The summed E-state index contributed by atoms with van der Waals surface area (Å²) in [6.45, 7) is 3.67. The van der Waals surface area contributed by atoms with Gasteiger partial charge >= 0.3 is 6.18 Å². The molecule has 2 atom stereocenters. The largest absolute Gasteiger partial charge is 0.451 e. The monoisotopic (exact) mass is 474 g/mol. The third-order valence-electron chi connectivity index (χ3n) is 5.71. The van der Waals surface area contributed by atoms with Crippen molar-refractivity contribution < 1.29 is 22.4 Å². The molecule has 0 saturated carbocycles. The van der Waals surface area contributed by atoms with E-state index in [0.717, 1.165) is 6.07 Å². The molecule has 34 heavy (non-hydrogen) atoms. The predicted molar refractivity (Wildman–Crippen MR) is 116 cm³/mol. The van der Waals surface area contributed by atoms with Crippen molar-refractivity contribution in [3.05, 3.63) is 65.6 Å². The quantitative estimate of drug-likeness (QED) is 0.561. The molecule has 1 aliphatic heterocycles. The molecule has 3 heterocycles. The molecule has 1 N–H and O–H groups in total. The van der Waals surface area contributed by atoms with E-state index >= 15 is 0 Å². The highest BCUT2D eigenvalue weighted by Gasteiger charge is 2.36. The summed E-state index contributed by atoms with van der Waals surface area (Å²) in [5.74, 6) is -1.87. The number of piperidine rings is 1. The smallest absolute Gasteiger partial charge is 0.365 e. The summed E-state index contributed by atoms with van der Waals surface area (Å²) >= 11 is 0. The van der Waals surface area contributed by atoms with E-state index in [0.29, 0.717) is 30.8 Å². The highest BCUT2D eigenvalue weighted by molar-refractivity contribution is 6.00. The zero-order chi connectivity index (χ0) is 24.5. The van der Waals surface area contributed by atoms with Gasteiger partial charge in [-0.25, -0.2) is 24.3 Å². The van der Waals surface area contributed by atoms with Crippen molar-refractivity contribution in [3.63, 3.8) is 0 Å². The van der Waals surface area contributed by atoms with Gasteiger partial charge in [0, 0.05) is 48.3 Å².